The average molecular weight is 329 g/mol. The molecule has 24 heavy (non-hydrogen) atoms. The van der Waals surface area contributed by atoms with Crippen LogP contribution in [0, 0.1) is 10.1 Å². The molecule has 124 valence electrons. The maximum atomic E-state index is 12.5. The maximum Gasteiger partial charge on any atom is 0.286 e. The number of pyridine rings is 1. The monoisotopic (exact) mass is 329 g/mol. The molecule has 0 radical (unpaired) electrons. The summed E-state index contributed by atoms with van der Waals surface area (Å²) in [6, 6.07) is 5.78. The lowest BCUT2D eigenvalue weighted by molar-refractivity contribution is -0.385. The Morgan fingerprint density at radius 3 is 2.50 bits per heavy atom. The summed E-state index contributed by atoms with van der Waals surface area (Å²) in [6.45, 7) is 2.44. The summed E-state index contributed by atoms with van der Waals surface area (Å²) in [5, 5.41) is 14.0. The number of ether oxygens (including phenoxy) is 2. The second-order valence-corrected chi connectivity index (χ2v) is 5.25. The summed E-state index contributed by atoms with van der Waals surface area (Å²) in [5.74, 6) is 0.0447. The van der Waals surface area contributed by atoms with Crippen molar-refractivity contribution in [3.8, 4) is 11.5 Å². The standard InChI is InChI=1S/C16H15N3O5/c1-10(11-2-4-17-5-3-11)18-16(20)12-8-14-15(24-7-6-23-14)9-13(12)19(21)22/h2-5,8-10H,6-7H2,1H3,(H,18,20). The van der Waals surface area contributed by atoms with Crippen molar-refractivity contribution in [2.24, 2.45) is 0 Å². The lowest BCUT2D eigenvalue weighted by atomic mass is 10.1. The van der Waals surface area contributed by atoms with Gasteiger partial charge in [-0.25, -0.2) is 0 Å². The Kier molecular flexibility index (Phi) is 4.28. The molecule has 1 aliphatic rings. The number of aromatic nitrogens is 1. The highest BCUT2D eigenvalue weighted by Crippen LogP contribution is 2.36. The molecule has 0 saturated heterocycles. The number of nitrogens with one attached hydrogen (secondary N) is 1. The third-order valence-corrected chi connectivity index (χ3v) is 3.66. The first-order chi connectivity index (χ1) is 11.6. The number of carbonyl (C=O) groups excluding carboxylic acids is 1. The van der Waals surface area contributed by atoms with Gasteiger partial charge in [-0.05, 0) is 24.6 Å². The number of hydrogen-bond acceptors (Lipinski definition) is 6. The number of fused-ring (bicyclic) bond motifs is 1. The average Bonchev–Trinajstić information content (AvgIpc) is 2.61. The lowest BCUT2D eigenvalue weighted by Gasteiger charge is -2.19. The largest absolute Gasteiger partial charge is 0.486 e. The van der Waals surface area contributed by atoms with E-state index in [0.29, 0.717) is 19.0 Å². The Morgan fingerprint density at radius 1 is 1.25 bits per heavy atom. The van der Waals surface area contributed by atoms with Crippen LogP contribution in [-0.2, 0) is 0 Å². The van der Waals surface area contributed by atoms with E-state index in [0.717, 1.165) is 5.56 Å². The molecule has 0 saturated carbocycles. The topological polar surface area (TPSA) is 104 Å². The molecule has 1 N–H and O–H groups in total. The molecule has 0 spiro atoms. The summed E-state index contributed by atoms with van der Waals surface area (Å²) in [7, 11) is 0. The molecule has 1 atom stereocenters. The van der Waals surface area contributed by atoms with Gasteiger partial charge in [-0.1, -0.05) is 0 Å². The van der Waals surface area contributed by atoms with E-state index in [2.05, 4.69) is 10.3 Å². The molecule has 8 heteroatoms. The number of hydrogen-bond donors (Lipinski definition) is 1. The fourth-order valence-electron chi connectivity index (χ4n) is 2.42. The van der Waals surface area contributed by atoms with Crippen molar-refractivity contribution in [3.05, 3.63) is 57.9 Å². The van der Waals surface area contributed by atoms with E-state index >= 15 is 0 Å². The van der Waals surface area contributed by atoms with Gasteiger partial charge in [-0.15, -0.1) is 0 Å². The van der Waals surface area contributed by atoms with Gasteiger partial charge < -0.3 is 14.8 Å². The molecule has 8 nitrogen and oxygen atoms in total. The van der Waals surface area contributed by atoms with Gasteiger partial charge in [0.05, 0.1) is 17.0 Å². The first-order valence-corrected chi connectivity index (χ1v) is 7.35. The van der Waals surface area contributed by atoms with E-state index < -0.39 is 10.8 Å². The minimum absolute atomic E-state index is 0.0647. The second-order valence-electron chi connectivity index (χ2n) is 5.25. The summed E-state index contributed by atoms with van der Waals surface area (Å²) in [4.78, 5) is 27.1. The van der Waals surface area contributed by atoms with Gasteiger partial charge >= 0.3 is 0 Å². The first-order valence-electron chi connectivity index (χ1n) is 7.35. The van der Waals surface area contributed by atoms with Crippen molar-refractivity contribution in [2.75, 3.05) is 13.2 Å². The molecule has 1 aliphatic heterocycles. The van der Waals surface area contributed by atoms with Crippen LogP contribution in [0.15, 0.2) is 36.7 Å². The van der Waals surface area contributed by atoms with Gasteiger partial charge in [0, 0.05) is 18.5 Å². The normalized spacial score (nSPS) is 13.9. The Bertz CT molecular complexity index is 779. The van der Waals surface area contributed by atoms with Gasteiger partial charge in [-0.3, -0.25) is 19.9 Å². The maximum absolute atomic E-state index is 12.5. The molecule has 3 rings (SSSR count). The van der Waals surface area contributed by atoms with E-state index in [-0.39, 0.29) is 23.0 Å². The Labute approximate surface area is 137 Å². The molecule has 1 amide bonds. The zero-order chi connectivity index (χ0) is 17.1. The van der Waals surface area contributed by atoms with Crippen LogP contribution in [0.4, 0.5) is 5.69 Å². The molecule has 2 heterocycles. The van der Waals surface area contributed by atoms with Crippen molar-refractivity contribution in [1.29, 1.82) is 0 Å². The summed E-state index contributed by atoms with van der Waals surface area (Å²) < 4.78 is 10.7. The van der Waals surface area contributed by atoms with E-state index in [1.807, 2.05) is 0 Å². The van der Waals surface area contributed by atoms with Crippen molar-refractivity contribution in [1.82, 2.24) is 10.3 Å². The zero-order valence-corrected chi connectivity index (χ0v) is 12.9. The number of nitrogens with zero attached hydrogens (tertiary/aromatic N) is 2. The van der Waals surface area contributed by atoms with Crippen molar-refractivity contribution in [2.45, 2.75) is 13.0 Å². The van der Waals surface area contributed by atoms with Crippen LogP contribution in [0.5, 0.6) is 11.5 Å². The molecular formula is C16H15N3O5. The van der Waals surface area contributed by atoms with E-state index in [4.69, 9.17) is 9.47 Å². The minimum atomic E-state index is -0.607. The number of nitro benzene ring substituents is 1. The fraction of sp³-hybridized carbons (Fsp3) is 0.250. The lowest BCUT2D eigenvalue weighted by Crippen LogP contribution is -2.27. The highest BCUT2D eigenvalue weighted by Gasteiger charge is 2.27. The molecule has 1 unspecified atom stereocenters. The molecule has 1 aromatic heterocycles. The molecule has 0 aliphatic carbocycles. The second kappa shape index (κ2) is 6.53. The number of amides is 1. The predicted molar refractivity (Wildman–Crippen MR) is 84.2 cm³/mol. The van der Waals surface area contributed by atoms with Crippen LogP contribution in [0.25, 0.3) is 0 Å². The number of nitro groups is 1. The SMILES string of the molecule is CC(NC(=O)c1cc2c(cc1[N+](=O)[O-])OCCO2)c1ccncc1. The smallest absolute Gasteiger partial charge is 0.286 e. The molecule has 0 bridgehead atoms. The van der Waals surface area contributed by atoms with Crippen LogP contribution in [0.2, 0.25) is 0 Å². The molecule has 1 aromatic carbocycles. The van der Waals surface area contributed by atoms with Crippen LogP contribution in [-0.4, -0.2) is 29.0 Å². The van der Waals surface area contributed by atoms with Crippen LogP contribution in [0.1, 0.15) is 28.9 Å². The van der Waals surface area contributed by atoms with Gasteiger partial charge in [0.2, 0.25) is 0 Å². The molecule has 0 fully saturated rings. The predicted octanol–water partition coefficient (Wildman–Crippen LogP) is 2.25. The Hall–Kier alpha value is -3.16. The van der Waals surface area contributed by atoms with E-state index in [9.17, 15) is 14.9 Å². The van der Waals surface area contributed by atoms with Gasteiger partial charge in [0.1, 0.15) is 18.8 Å². The summed E-state index contributed by atoms with van der Waals surface area (Å²) in [5.41, 5.74) is 0.461. The van der Waals surface area contributed by atoms with Gasteiger partial charge in [0.25, 0.3) is 11.6 Å². The minimum Gasteiger partial charge on any atom is -0.486 e. The Balaban J connectivity index is 1.90. The van der Waals surface area contributed by atoms with Gasteiger partial charge in [0.15, 0.2) is 11.5 Å². The van der Waals surface area contributed by atoms with Crippen molar-refractivity contribution < 1.29 is 19.2 Å². The third kappa shape index (κ3) is 3.12. The van der Waals surface area contributed by atoms with E-state index in [1.165, 1.54) is 12.1 Å². The number of rotatable bonds is 4. The fourth-order valence-corrected chi connectivity index (χ4v) is 2.42. The summed E-state index contributed by atoms with van der Waals surface area (Å²) >= 11 is 0. The number of benzene rings is 1. The molecular weight excluding hydrogens is 314 g/mol. The van der Waals surface area contributed by atoms with Crippen LogP contribution >= 0.6 is 0 Å². The first kappa shape index (κ1) is 15.7. The highest BCUT2D eigenvalue weighted by atomic mass is 16.6. The van der Waals surface area contributed by atoms with E-state index in [1.54, 1.807) is 31.5 Å². The van der Waals surface area contributed by atoms with Crippen LogP contribution < -0.4 is 14.8 Å². The summed E-state index contributed by atoms with van der Waals surface area (Å²) in [6.07, 6.45) is 3.23. The molecule has 2 aromatic rings. The van der Waals surface area contributed by atoms with Crippen molar-refractivity contribution in [3.63, 3.8) is 0 Å². The van der Waals surface area contributed by atoms with Crippen molar-refractivity contribution >= 4 is 11.6 Å². The zero-order valence-electron chi connectivity index (χ0n) is 12.9. The Morgan fingerprint density at radius 2 is 1.88 bits per heavy atom. The van der Waals surface area contributed by atoms with Gasteiger partial charge in [-0.2, -0.15) is 0 Å². The third-order valence-electron chi connectivity index (χ3n) is 3.66. The highest BCUT2D eigenvalue weighted by molar-refractivity contribution is 5.99. The quantitative estimate of drug-likeness (QED) is 0.681. The number of carbonyl (C=O) groups is 1. The van der Waals surface area contributed by atoms with Crippen LogP contribution in [0.3, 0.4) is 0 Å².